The number of hydrogen-bond donors (Lipinski definition) is 1. The van der Waals surface area contributed by atoms with Gasteiger partial charge in [0.2, 0.25) is 0 Å². The lowest BCUT2D eigenvalue weighted by Crippen LogP contribution is -2.41. The second-order valence-corrected chi connectivity index (χ2v) is 6.96. The minimum absolute atomic E-state index is 0.0932. The molecule has 140 valence electrons. The number of carbonyl (C=O) groups is 1. The molecule has 1 aliphatic heterocycles. The number of fused-ring (bicyclic) bond motifs is 2. The van der Waals surface area contributed by atoms with E-state index in [2.05, 4.69) is 25.1 Å². The molecule has 1 atom stereocenters. The molecule has 8 nitrogen and oxygen atoms in total. The number of H-pyrrole nitrogens is 1. The highest BCUT2D eigenvalue weighted by molar-refractivity contribution is 6.06. The molecule has 1 amide bonds. The van der Waals surface area contributed by atoms with Gasteiger partial charge in [-0.1, -0.05) is 11.2 Å². The standard InChI is InChI=1S/C20H18N6O2/c1-11-8-14(16-12(2)25-28-19(16)24-11)20(27)26-7-5-15-17(23-10-22-15)18(26)13-4-3-6-21-9-13/h3-4,6,8-10,18H,5,7H2,1-2H3,(H,22,23). The minimum Gasteiger partial charge on any atom is -0.348 e. The lowest BCUT2D eigenvalue weighted by atomic mass is 9.95. The van der Waals surface area contributed by atoms with Gasteiger partial charge in [0.15, 0.2) is 0 Å². The number of rotatable bonds is 2. The molecule has 1 unspecified atom stereocenters. The van der Waals surface area contributed by atoms with Crippen molar-refractivity contribution in [3.63, 3.8) is 0 Å². The predicted molar refractivity (Wildman–Crippen MR) is 101 cm³/mol. The Labute approximate surface area is 160 Å². The van der Waals surface area contributed by atoms with Crippen LogP contribution in [0.2, 0.25) is 0 Å². The third kappa shape index (κ3) is 2.49. The quantitative estimate of drug-likeness (QED) is 0.579. The zero-order chi connectivity index (χ0) is 19.3. The van der Waals surface area contributed by atoms with E-state index in [0.717, 1.165) is 17.0 Å². The van der Waals surface area contributed by atoms with Crippen LogP contribution >= 0.6 is 0 Å². The van der Waals surface area contributed by atoms with Crippen molar-refractivity contribution in [1.82, 2.24) is 30.0 Å². The average Bonchev–Trinajstić information content (AvgIpc) is 3.33. The summed E-state index contributed by atoms with van der Waals surface area (Å²) >= 11 is 0. The highest BCUT2D eigenvalue weighted by atomic mass is 16.5. The second-order valence-electron chi connectivity index (χ2n) is 6.96. The normalized spacial score (nSPS) is 16.4. The van der Waals surface area contributed by atoms with Crippen molar-refractivity contribution >= 4 is 17.0 Å². The molecule has 4 aromatic rings. The van der Waals surface area contributed by atoms with Crippen LogP contribution in [0.5, 0.6) is 0 Å². The number of amides is 1. The van der Waals surface area contributed by atoms with E-state index in [0.29, 0.717) is 41.0 Å². The molecule has 1 N–H and O–H groups in total. The molecular weight excluding hydrogens is 356 g/mol. The van der Waals surface area contributed by atoms with Crippen LogP contribution in [0.1, 0.15) is 44.7 Å². The Morgan fingerprint density at radius 1 is 1.36 bits per heavy atom. The van der Waals surface area contributed by atoms with E-state index >= 15 is 0 Å². The molecule has 0 bridgehead atoms. The number of carbonyl (C=O) groups excluding carboxylic acids is 1. The Morgan fingerprint density at radius 2 is 2.25 bits per heavy atom. The smallest absolute Gasteiger partial charge is 0.258 e. The third-order valence-corrected chi connectivity index (χ3v) is 5.16. The molecule has 28 heavy (non-hydrogen) atoms. The van der Waals surface area contributed by atoms with E-state index in [-0.39, 0.29) is 11.9 Å². The molecule has 1 aliphatic rings. The molecule has 0 aliphatic carbocycles. The molecule has 5 rings (SSSR count). The summed E-state index contributed by atoms with van der Waals surface area (Å²) in [5, 5.41) is 4.65. The summed E-state index contributed by atoms with van der Waals surface area (Å²) in [6, 6.07) is 5.34. The second kappa shape index (κ2) is 6.26. The summed E-state index contributed by atoms with van der Waals surface area (Å²) < 4.78 is 5.30. The molecule has 5 heterocycles. The van der Waals surface area contributed by atoms with Crippen molar-refractivity contribution < 1.29 is 9.32 Å². The number of hydrogen-bond acceptors (Lipinski definition) is 6. The molecule has 0 aromatic carbocycles. The fourth-order valence-electron chi connectivity index (χ4n) is 3.91. The van der Waals surface area contributed by atoms with Gasteiger partial charge in [-0.15, -0.1) is 0 Å². The van der Waals surface area contributed by atoms with Crippen LogP contribution in [0.4, 0.5) is 0 Å². The van der Waals surface area contributed by atoms with E-state index in [4.69, 9.17) is 4.52 Å². The molecule has 0 saturated heterocycles. The van der Waals surface area contributed by atoms with Gasteiger partial charge in [-0.2, -0.15) is 0 Å². The van der Waals surface area contributed by atoms with E-state index in [9.17, 15) is 4.79 Å². The number of nitrogens with one attached hydrogen (secondary N) is 1. The molecular formula is C20H18N6O2. The number of pyridine rings is 2. The third-order valence-electron chi connectivity index (χ3n) is 5.16. The minimum atomic E-state index is -0.306. The van der Waals surface area contributed by atoms with Crippen LogP contribution in [-0.4, -0.2) is 42.4 Å². The molecule has 0 saturated carbocycles. The molecule has 4 aromatic heterocycles. The van der Waals surface area contributed by atoms with Gasteiger partial charge in [-0.05, 0) is 31.5 Å². The number of aryl methyl sites for hydroxylation is 2. The maximum absolute atomic E-state index is 13.7. The van der Waals surface area contributed by atoms with Crippen LogP contribution in [-0.2, 0) is 6.42 Å². The molecule has 0 spiro atoms. The zero-order valence-corrected chi connectivity index (χ0v) is 15.5. The molecule has 0 radical (unpaired) electrons. The first-order valence-electron chi connectivity index (χ1n) is 9.10. The predicted octanol–water partition coefficient (Wildman–Crippen LogP) is 2.75. The highest BCUT2D eigenvalue weighted by Crippen LogP contribution is 2.35. The number of aromatic amines is 1. The average molecular weight is 374 g/mol. The van der Waals surface area contributed by atoms with Gasteiger partial charge >= 0.3 is 0 Å². The van der Waals surface area contributed by atoms with Crippen LogP contribution in [0, 0.1) is 13.8 Å². The van der Waals surface area contributed by atoms with Gasteiger partial charge < -0.3 is 14.4 Å². The summed E-state index contributed by atoms with van der Waals surface area (Å²) in [4.78, 5) is 31.9. The van der Waals surface area contributed by atoms with Gasteiger partial charge in [-0.3, -0.25) is 9.78 Å². The number of imidazole rings is 1. The monoisotopic (exact) mass is 374 g/mol. The Kier molecular flexibility index (Phi) is 3.71. The van der Waals surface area contributed by atoms with Gasteiger partial charge in [0.25, 0.3) is 11.6 Å². The van der Waals surface area contributed by atoms with Crippen molar-refractivity contribution in [2.75, 3.05) is 6.54 Å². The maximum atomic E-state index is 13.7. The maximum Gasteiger partial charge on any atom is 0.258 e. The lowest BCUT2D eigenvalue weighted by Gasteiger charge is -2.35. The van der Waals surface area contributed by atoms with Gasteiger partial charge in [0.05, 0.1) is 28.7 Å². The Bertz CT molecular complexity index is 1180. The summed E-state index contributed by atoms with van der Waals surface area (Å²) in [5.74, 6) is -0.0932. The first-order valence-corrected chi connectivity index (χ1v) is 9.10. The Morgan fingerprint density at radius 3 is 3.07 bits per heavy atom. The largest absolute Gasteiger partial charge is 0.348 e. The summed E-state index contributed by atoms with van der Waals surface area (Å²) in [6.07, 6.45) is 5.90. The van der Waals surface area contributed by atoms with E-state index in [1.165, 1.54) is 0 Å². The first-order chi connectivity index (χ1) is 13.6. The van der Waals surface area contributed by atoms with Crippen LogP contribution in [0.15, 0.2) is 41.4 Å². The topological polar surface area (TPSA) is 101 Å². The Balaban J connectivity index is 1.66. The van der Waals surface area contributed by atoms with Gasteiger partial charge in [0.1, 0.15) is 6.04 Å². The summed E-state index contributed by atoms with van der Waals surface area (Å²) in [7, 11) is 0. The highest BCUT2D eigenvalue weighted by Gasteiger charge is 2.35. The van der Waals surface area contributed by atoms with E-state index in [1.807, 2.05) is 30.9 Å². The fourth-order valence-corrected chi connectivity index (χ4v) is 3.91. The SMILES string of the molecule is Cc1cc(C(=O)N2CCc3[nH]cnc3C2c2cccnc2)c2c(C)noc2n1. The van der Waals surface area contributed by atoms with Crippen LogP contribution in [0.3, 0.4) is 0 Å². The van der Waals surface area contributed by atoms with Gasteiger partial charge in [-0.25, -0.2) is 9.97 Å². The fraction of sp³-hybridized carbons (Fsp3) is 0.250. The van der Waals surface area contributed by atoms with Crippen molar-refractivity contribution in [2.45, 2.75) is 26.3 Å². The van der Waals surface area contributed by atoms with Crippen molar-refractivity contribution in [1.29, 1.82) is 0 Å². The summed E-state index contributed by atoms with van der Waals surface area (Å²) in [5.41, 5.74) is 5.13. The van der Waals surface area contributed by atoms with Crippen LogP contribution < -0.4 is 0 Å². The Hall–Kier alpha value is -3.55. The number of nitrogens with zero attached hydrogens (tertiary/aromatic N) is 5. The lowest BCUT2D eigenvalue weighted by molar-refractivity contribution is 0.0692. The van der Waals surface area contributed by atoms with Crippen LogP contribution in [0.25, 0.3) is 11.1 Å². The van der Waals surface area contributed by atoms with Crippen molar-refractivity contribution in [3.8, 4) is 0 Å². The first kappa shape index (κ1) is 16.6. The van der Waals surface area contributed by atoms with Crippen molar-refractivity contribution in [3.05, 3.63) is 70.8 Å². The van der Waals surface area contributed by atoms with E-state index in [1.54, 1.807) is 24.8 Å². The summed E-state index contributed by atoms with van der Waals surface area (Å²) in [6.45, 7) is 4.23. The van der Waals surface area contributed by atoms with Gasteiger partial charge in [0, 0.05) is 36.7 Å². The number of aromatic nitrogens is 5. The molecule has 8 heteroatoms. The zero-order valence-electron chi connectivity index (χ0n) is 15.5. The van der Waals surface area contributed by atoms with E-state index < -0.39 is 0 Å². The molecule has 0 fully saturated rings. The van der Waals surface area contributed by atoms with Crippen molar-refractivity contribution in [2.24, 2.45) is 0 Å².